The highest BCUT2D eigenvalue weighted by atomic mass is 35.5. The van der Waals surface area contributed by atoms with Crippen LogP contribution in [0.3, 0.4) is 0 Å². The van der Waals surface area contributed by atoms with Gasteiger partial charge >= 0.3 is 0 Å². The number of carbonyl (C=O) groups is 1. The number of rotatable bonds is 9. The molecule has 1 aliphatic heterocycles. The average Bonchev–Trinajstić information content (AvgIpc) is 3.14. The van der Waals surface area contributed by atoms with Gasteiger partial charge in [-0.2, -0.15) is 0 Å². The number of furan rings is 1. The molecule has 0 spiro atoms. The molecule has 1 amide bonds. The van der Waals surface area contributed by atoms with Gasteiger partial charge in [0.05, 0.1) is 5.75 Å². The van der Waals surface area contributed by atoms with E-state index < -0.39 is 9.84 Å². The van der Waals surface area contributed by atoms with Crippen LogP contribution in [0.5, 0.6) is 0 Å². The first kappa shape index (κ1) is 23.8. The van der Waals surface area contributed by atoms with E-state index in [1.165, 1.54) is 18.6 Å². The van der Waals surface area contributed by atoms with Gasteiger partial charge in [-0.25, -0.2) is 8.42 Å². The van der Waals surface area contributed by atoms with Gasteiger partial charge in [-0.05, 0) is 55.0 Å². The maximum Gasteiger partial charge on any atom is 0.286 e. The summed E-state index contributed by atoms with van der Waals surface area (Å²) in [7, 11) is -3.48. The van der Waals surface area contributed by atoms with E-state index in [-0.39, 0.29) is 28.9 Å². The summed E-state index contributed by atoms with van der Waals surface area (Å²) in [6.07, 6.45) is 2.15. The molecule has 0 bridgehead atoms. The van der Waals surface area contributed by atoms with Gasteiger partial charge in [0, 0.05) is 24.7 Å². The van der Waals surface area contributed by atoms with Gasteiger partial charge in [-0.3, -0.25) is 4.79 Å². The molecule has 170 valence electrons. The maximum atomic E-state index is 12.5. The van der Waals surface area contributed by atoms with Crippen LogP contribution in [0.15, 0.2) is 40.8 Å². The lowest BCUT2D eigenvalue weighted by Gasteiger charge is -2.34. The van der Waals surface area contributed by atoms with Gasteiger partial charge in [0.25, 0.3) is 5.91 Å². The van der Waals surface area contributed by atoms with Crippen molar-refractivity contribution in [1.29, 1.82) is 0 Å². The average molecular weight is 467 g/mol. The lowest BCUT2D eigenvalue weighted by molar-refractivity contribution is 0.0918. The molecule has 2 heterocycles. The van der Waals surface area contributed by atoms with Gasteiger partial charge < -0.3 is 14.6 Å². The number of hydrogen-bond acceptors (Lipinski definition) is 5. The number of halogens is 1. The molecule has 1 fully saturated rings. The maximum absolute atomic E-state index is 12.5. The Balaban J connectivity index is 1.45. The Kier molecular flexibility index (Phi) is 8.19. The summed E-state index contributed by atoms with van der Waals surface area (Å²) in [4.78, 5) is 14.8. The van der Waals surface area contributed by atoms with E-state index in [9.17, 15) is 13.2 Å². The molecule has 0 aliphatic carbocycles. The summed E-state index contributed by atoms with van der Waals surface area (Å²) >= 11 is 6.06. The number of carbonyl (C=O) groups excluding carboxylic acids is 1. The molecule has 8 heteroatoms. The number of likely N-dealkylation sites (tertiary alicyclic amines) is 1. The second-order valence-corrected chi connectivity index (χ2v) is 11.2. The second kappa shape index (κ2) is 10.7. The van der Waals surface area contributed by atoms with Crippen molar-refractivity contribution in [2.75, 3.05) is 26.2 Å². The van der Waals surface area contributed by atoms with Gasteiger partial charge in [-0.15, -0.1) is 0 Å². The minimum absolute atomic E-state index is 0.128. The van der Waals surface area contributed by atoms with Crippen LogP contribution in [0.1, 0.15) is 48.6 Å². The first-order valence-corrected chi connectivity index (χ1v) is 12.9. The van der Waals surface area contributed by atoms with Crippen LogP contribution in [-0.4, -0.2) is 45.4 Å². The smallest absolute Gasteiger partial charge is 0.286 e. The number of benzene rings is 1. The Hall–Kier alpha value is -1.83. The minimum atomic E-state index is -3.48. The predicted molar refractivity (Wildman–Crippen MR) is 123 cm³/mol. The summed E-state index contributed by atoms with van der Waals surface area (Å²) < 4.78 is 30.5. The lowest BCUT2D eigenvalue weighted by Crippen LogP contribution is -2.40. The lowest BCUT2D eigenvalue weighted by atomic mass is 9.92. The van der Waals surface area contributed by atoms with Crippen LogP contribution in [0.4, 0.5) is 0 Å². The Bertz CT molecular complexity index is 979. The number of piperidine rings is 1. The summed E-state index contributed by atoms with van der Waals surface area (Å²) in [5.74, 6) is 1.02. The zero-order valence-corrected chi connectivity index (χ0v) is 19.7. The largest absolute Gasteiger partial charge is 0.455 e. The molecule has 0 saturated carbocycles. The summed E-state index contributed by atoms with van der Waals surface area (Å²) in [6.45, 7) is 8.31. The third kappa shape index (κ3) is 7.37. The Morgan fingerprint density at radius 3 is 2.55 bits per heavy atom. The van der Waals surface area contributed by atoms with E-state index in [0.29, 0.717) is 29.0 Å². The molecule has 6 nitrogen and oxygen atoms in total. The molecule has 1 N–H and O–H groups in total. The van der Waals surface area contributed by atoms with Crippen LogP contribution >= 0.6 is 11.6 Å². The van der Waals surface area contributed by atoms with E-state index in [1.54, 1.807) is 24.3 Å². The Morgan fingerprint density at radius 1 is 1.13 bits per heavy atom. The molecule has 2 unspecified atom stereocenters. The van der Waals surface area contributed by atoms with Crippen LogP contribution in [0.25, 0.3) is 0 Å². The van der Waals surface area contributed by atoms with E-state index in [1.807, 2.05) is 0 Å². The van der Waals surface area contributed by atoms with Crippen molar-refractivity contribution in [3.8, 4) is 0 Å². The molecule has 1 saturated heterocycles. The van der Waals surface area contributed by atoms with Crippen LogP contribution in [0.2, 0.25) is 5.02 Å². The number of hydrogen-bond donors (Lipinski definition) is 1. The number of amides is 1. The summed E-state index contributed by atoms with van der Waals surface area (Å²) in [6, 6.07) is 9.90. The number of sulfone groups is 1. The molecule has 1 aliphatic rings. The van der Waals surface area contributed by atoms with Crippen molar-refractivity contribution in [3.05, 3.63) is 58.5 Å². The summed E-state index contributed by atoms with van der Waals surface area (Å²) in [5, 5.41) is 3.27. The minimum Gasteiger partial charge on any atom is -0.455 e. The van der Waals surface area contributed by atoms with Gasteiger partial charge in [0.1, 0.15) is 11.5 Å². The zero-order valence-electron chi connectivity index (χ0n) is 18.1. The first-order valence-electron chi connectivity index (χ1n) is 10.7. The highest BCUT2D eigenvalue weighted by Gasteiger charge is 2.22. The van der Waals surface area contributed by atoms with Crippen molar-refractivity contribution in [1.82, 2.24) is 10.2 Å². The number of nitrogens with one attached hydrogen (secondary N) is 1. The van der Waals surface area contributed by atoms with Gasteiger partial charge in [0.15, 0.2) is 15.6 Å². The van der Waals surface area contributed by atoms with Crippen molar-refractivity contribution >= 4 is 27.3 Å². The van der Waals surface area contributed by atoms with Crippen LogP contribution < -0.4 is 5.32 Å². The topological polar surface area (TPSA) is 79.6 Å². The molecule has 1 aromatic carbocycles. The molecule has 1 aromatic heterocycles. The normalized spacial score (nSPS) is 20.0. The van der Waals surface area contributed by atoms with E-state index in [0.717, 1.165) is 26.1 Å². The monoisotopic (exact) mass is 466 g/mol. The van der Waals surface area contributed by atoms with Crippen molar-refractivity contribution in [2.45, 2.75) is 38.2 Å². The quantitative estimate of drug-likeness (QED) is 0.561. The van der Waals surface area contributed by atoms with E-state index in [2.05, 4.69) is 24.1 Å². The van der Waals surface area contributed by atoms with Gasteiger partial charge in [0.2, 0.25) is 0 Å². The zero-order chi connectivity index (χ0) is 22.4. The SMILES string of the molecule is CC1CC(C)CN(CCCNC(=O)c2ccc(CS(=O)(=O)Cc3ccccc3Cl)o2)C1. The molecule has 0 radical (unpaired) electrons. The van der Waals surface area contributed by atoms with Crippen molar-refractivity contribution in [2.24, 2.45) is 11.8 Å². The summed E-state index contributed by atoms with van der Waals surface area (Å²) in [5.41, 5.74) is 0.547. The molecular weight excluding hydrogens is 436 g/mol. The fraction of sp³-hybridized carbons (Fsp3) is 0.522. The Labute approximate surface area is 189 Å². The molecule has 2 aromatic rings. The fourth-order valence-corrected chi connectivity index (χ4v) is 5.96. The van der Waals surface area contributed by atoms with Crippen molar-refractivity contribution in [3.63, 3.8) is 0 Å². The van der Waals surface area contributed by atoms with Crippen LogP contribution in [-0.2, 0) is 21.3 Å². The second-order valence-electron chi connectivity index (χ2n) is 8.70. The van der Waals surface area contributed by atoms with Crippen LogP contribution in [0, 0.1) is 11.8 Å². The third-order valence-corrected chi connectivity index (χ3v) is 7.31. The molecular formula is C23H31ClN2O4S. The predicted octanol–water partition coefficient (Wildman–Crippen LogP) is 4.15. The van der Waals surface area contributed by atoms with E-state index >= 15 is 0 Å². The third-order valence-electron chi connectivity index (χ3n) is 5.46. The molecule has 31 heavy (non-hydrogen) atoms. The van der Waals surface area contributed by atoms with E-state index in [4.69, 9.17) is 16.0 Å². The first-order chi connectivity index (χ1) is 14.7. The van der Waals surface area contributed by atoms with Gasteiger partial charge in [-0.1, -0.05) is 43.6 Å². The fourth-order valence-electron chi connectivity index (χ4n) is 4.26. The standard InChI is InChI=1S/C23H31ClN2O4S/c1-17-12-18(2)14-26(13-17)11-5-10-25-23(27)22-9-8-20(30-22)16-31(28,29)15-19-6-3-4-7-21(19)24/h3-4,6-9,17-18H,5,10-16H2,1-2H3,(H,25,27). The highest BCUT2D eigenvalue weighted by molar-refractivity contribution is 7.89. The Morgan fingerprint density at radius 2 is 1.84 bits per heavy atom. The number of nitrogens with zero attached hydrogens (tertiary/aromatic N) is 1. The molecule has 3 rings (SSSR count). The van der Waals surface area contributed by atoms with Crippen molar-refractivity contribution < 1.29 is 17.6 Å². The molecule has 2 atom stereocenters. The highest BCUT2D eigenvalue weighted by Crippen LogP contribution is 2.22.